The molecule has 1 atom stereocenters. The van der Waals surface area contributed by atoms with E-state index in [0.29, 0.717) is 12.1 Å². The summed E-state index contributed by atoms with van der Waals surface area (Å²) in [5.74, 6) is -0.0818. The van der Waals surface area contributed by atoms with Crippen molar-refractivity contribution >= 4 is 11.6 Å². The minimum absolute atomic E-state index is 0.00416. The Balaban J connectivity index is 2.79. The van der Waals surface area contributed by atoms with E-state index in [2.05, 4.69) is 5.32 Å². The highest BCUT2D eigenvalue weighted by Crippen LogP contribution is 2.13. The summed E-state index contributed by atoms with van der Waals surface area (Å²) < 4.78 is 0. The number of nitrogens with two attached hydrogens (primary N) is 1. The summed E-state index contributed by atoms with van der Waals surface area (Å²) >= 11 is 0. The van der Waals surface area contributed by atoms with Crippen LogP contribution in [0.4, 0.5) is 5.69 Å². The predicted molar refractivity (Wildman–Crippen MR) is 66.8 cm³/mol. The van der Waals surface area contributed by atoms with Crippen molar-refractivity contribution in [2.75, 3.05) is 25.5 Å². The second-order valence-corrected chi connectivity index (χ2v) is 4.05. The third kappa shape index (κ3) is 3.24. The molecule has 1 amide bonds. The van der Waals surface area contributed by atoms with Crippen LogP contribution in [-0.2, 0) is 0 Å². The molecule has 4 heteroatoms. The molecular formula is C12H19N3O. The van der Waals surface area contributed by atoms with Crippen LogP contribution in [0, 0.1) is 0 Å². The largest absolute Gasteiger partial charge is 0.378 e. The topological polar surface area (TPSA) is 58.4 Å². The van der Waals surface area contributed by atoms with Crippen LogP contribution in [0.2, 0.25) is 0 Å². The van der Waals surface area contributed by atoms with Crippen molar-refractivity contribution in [1.29, 1.82) is 0 Å². The Morgan fingerprint density at radius 3 is 2.75 bits per heavy atom. The van der Waals surface area contributed by atoms with Gasteiger partial charge in [-0.15, -0.1) is 0 Å². The summed E-state index contributed by atoms with van der Waals surface area (Å²) in [6.45, 7) is 2.33. The van der Waals surface area contributed by atoms with E-state index in [-0.39, 0.29) is 11.9 Å². The molecule has 1 aromatic carbocycles. The number of anilines is 1. The van der Waals surface area contributed by atoms with Crippen LogP contribution in [0.3, 0.4) is 0 Å². The standard InChI is InChI=1S/C12H19N3O/c1-9(8-13)14-12(16)10-5-4-6-11(7-10)15(2)3/h4-7,9H,8,13H2,1-3H3,(H,14,16). The summed E-state index contributed by atoms with van der Waals surface area (Å²) in [6, 6.07) is 7.49. The first-order valence-corrected chi connectivity index (χ1v) is 5.33. The lowest BCUT2D eigenvalue weighted by atomic mass is 10.1. The Morgan fingerprint density at radius 2 is 2.19 bits per heavy atom. The number of nitrogens with zero attached hydrogens (tertiary/aromatic N) is 1. The van der Waals surface area contributed by atoms with E-state index in [1.165, 1.54) is 0 Å². The lowest BCUT2D eigenvalue weighted by Crippen LogP contribution is -2.37. The Bertz CT molecular complexity index is 363. The van der Waals surface area contributed by atoms with Crippen molar-refractivity contribution in [3.8, 4) is 0 Å². The molecule has 1 rings (SSSR count). The first-order chi connectivity index (χ1) is 7.54. The van der Waals surface area contributed by atoms with Gasteiger partial charge in [0.05, 0.1) is 0 Å². The second-order valence-electron chi connectivity index (χ2n) is 4.05. The van der Waals surface area contributed by atoms with E-state index >= 15 is 0 Å². The van der Waals surface area contributed by atoms with Crippen LogP contribution in [0.15, 0.2) is 24.3 Å². The van der Waals surface area contributed by atoms with Crippen molar-refractivity contribution < 1.29 is 4.79 Å². The number of carbonyl (C=O) groups is 1. The molecule has 0 fully saturated rings. The number of nitrogens with one attached hydrogen (secondary N) is 1. The number of hydrogen-bond donors (Lipinski definition) is 2. The zero-order chi connectivity index (χ0) is 12.1. The van der Waals surface area contributed by atoms with Crippen molar-refractivity contribution in [3.05, 3.63) is 29.8 Å². The van der Waals surface area contributed by atoms with E-state index in [1.807, 2.05) is 44.1 Å². The zero-order valence-corrected chi connectivity index (χ0v) is 10.0. The Labute approximate surface area is 96.4 Å². The number of rotatable bonds is 4. The molecular weight excluding hydrogens is 202 g/mol. The van der Waals surface area contributed by atoms with E-state index in [0.717, 1.165) is 5.69 Å². The highest BCUT2D eigenvalue weighted by Gasteiger charge is 2.09. The van der Waals surface area contributed by atoms with Gasteiger partial charge in [0, 0.05) is 37.9 Å². The fourth-order valence-electron chi connectivity index (χ4n) is 1.29. The van der Waals surface area contributed by atoms with Gasteiger partial charge in [-0.25, -0.2) is 0 Å². The van der Waals surface area contributed by atoms with Gasteiger partial charge in [-0.1, -0.05) is 6.07 Å². The Kier molecular flexibility index (Phi) is 4.31. The van der Waals surface area contributed by atoms with Gasteiger partial charge in [-0.05, 0) is 25.1 Å². The highest BCUT2D eigenvalue weighted by atomic mass is 16.1. The van der Waals surface area contributed by atoms with Gasteiger partial charge in [0.15, 0.2) is 0 Å². The molecule has 0 aliphatic rings. The lowest BCUT2D eigenvalue weighted by Gasteiger charge is -2.15. The van der Waals surface area contributed by atoms with E-state index in [4.69, 9.17) is 5.73 Å². The molecule has 0 spiro atoms. The summed E-state index contributed by atoms with van der Waals surface area (Å²) in [5.41, 5.74) is 7.12. The van der Waals surface area contributed by atoms with Crippen LogP contribution in [0.1, 0.15) is 17.3 Å². The van der Waals surface area contributed by atoms with Gasteiger partial charge in [0.1, 0.15) is 0 Å². The van der Waals surface area contributed by atoms with Crippen LogP contribution < -0.4 is 16.0 Å². The van der Waals surface area contributed by atoms with Crippen LogP contribution in [-0.4, -0.2) is 32.6 Å². The maximum absolute atomic E-state index is 11.8. The van der Waals surface area contributed by atoms with Crippen molar-refractivity contribution in [2.45, 2.75) is 13.0 Å². The summed E-state index contributed by atoms with van der Waals surface area (Å²) in [6.07, 6.45) is 0. The van der Waals surface area contributed by atoms with E-state index < -0.39 is 0 Å². The minimum atomic E-state index is -0.0818. The molecule has 88 valence electrons. The normalized spacial score (nSPS) is 12.0. The maximum atomic E-state index is 11.8. The molecule has 1 aromatic rings. The predicted octanol–water partition coefficient (Wildman–Crippen LogP) is 0.830. The minimum Gasteiger partial charge on any atom is -0.378 e. The Morgan fingerprint density at radius 1 is 1.50 bits per heavy atom. The second kappa shape index (κ2) is 5.51. The molecule has 0 saturated carbocycles. The molecule has 0 aromatic heterocycles. The van der Waals surface area contributed by atoms with Crippen molar-refractivity contribution in [1.82, 2.24) is 5.32 Å². The average Bonchev–Trinajstić information content (AvgIpc) is 2.28. The third-order valence-corrected chi connectivity index (χ3v) is 2.36. The molecule has 0 heterocycles. The highest BCUT2D eigenvalue weighted by molar-refractivity contribution is 5.95. The molecule has 0 aliphatic carbocycles. The fraction of sp³-hybridized carbons (Fsp3) is 0.417. The summed E-state index contributed by atoms with van der Waals surface area (Å²) in [7, 11) is 3.89. The van der Waals surface area contributed by atoms with Gasteiger partial charge in [0.25, 0.3) is 5.91 Å². The summed E-state index contributed by atoms with van der Waals surface area (Å²) in [4.78, 5) is 13.8. The van der Waals surface area contributed by atoms with Crippen LogP contribution in [0.5, 0.6) is 0 Å². The molecule has 0 aliphatic heterocycles. The fourth-order valence-corrected chi connectivity index (χ4v) is 1.29. The molecule has 4 nitrogen and oxygen atoms in total. The molecule has 0 radical (unpaired) electrons. The molecule has 1 unspecified atom stereocenters. The summed E-state index contributed by atoms with van der Waals surface area (Å²) in [5, 5.41) is 2.83. The number of benzene rings is 1. The Hall–Kier alpha value is -1.55. The SMILES string of the molecule is CC(CN)NC(=O)c1cccc(N(C)C)c1. The molecule has 0 bridgehead atoms. The number of amides is 1. The van der Waals surface area contributed by atoms with E-state index in [1.54, 1.807) is 6.07 Å². The van der Waals surface area contributed by atoms with Gasteiger partial charge < -0.3 is 16.0 Å². The third-order valence-electron chi connectivity index (χ3n) is 2.36. The van der Waals surface area contributed by atoms with Gasteiger partial charge >= 0.3 is 0 Å². The monoisotopic (exact) mass is 221 g/mol. The van der Waals surface area contributed by atoms with Crippen molar-refractivity contribution in [3.63, 3.8) is 0 Å². The molecule has 16 heavy (non-hydrogen) atoms. The van der Waals surface area contributed by atoms with E-state index in [9.17, 15) is 4.79 Å². The van der Waals surface area contributed by atoms with Crippen LogP contribution >= 0.6 is 0 Å². The average molecular weight is 221 g/mol. The van der Waals surface area contributed by atoms with Gasteiger partial charge in [0.2, 0.25) is 0 Å². The molecule has 0 saturated heterocycles. The number of carbonyl (C=O) groups excluding carboxylic acids is 1. The van der Waals surface area contributed by atoms with Crippen molar-refractivity contribution in [2.24, 2.45) is 5.73 Å². The number of hydrogen-bond acceptors (Lipinski definition) is 3. The maximum Gasteiger partial charge on any atom is 0.251 e. The smallest absolute Gasteiger partial charge is 0.251 e. The quantitative estimate of drug-likeness (QED) is 0.791. The van der Waals surface area contributed by atoms with Gasteiger partial charge in [-0.3, -0.25) is 4.79 Å². The first kappa shape index (κ1) is 12.5. The lowest BCUT2D eigenvalue weighted by molar-refractivity contribution is 0.0941. The van der Waals surface area contributed by atoms with Crippen LogP contribution in [0.25, 0.3) is 0 Å². The molecule has 3 N–H and O–H groups in total. The zero-order valence-electron chi connectivity index (χ0n) is 10.0. The van der Waals surface area contributed by atoms with Gasteiger partial charge in [-0.2, -0.15) is 0 Å². The first-order valence-electron chi connectivity index (χ1n) is 5.33.